The summed E-state index contributed by atoms with van der Waals surface area (Å²) in [7, 11) is 3.53. The van der Waals surface area contributed by atoms with Gasteiger partial charge in [-0.2, -0.15) is 0 Å². The van der Waals surface area contributed by atoms with Gasteiger partial charge in [-0.1, -0.05) is 6.92 Å². The first-order valence-corrected chi connectivity index (χ1v) is 8.03. The van der Waals surface area contributed by atoms with E-state index in [9.17, 15) is 9.90 Å². The minimum absolute atomic E-state index is 0.0929. The zero-order valence-corrected chi connectivity index (χ0v) is 15.2. The maximum Gasteiger partial charge on any atom is 0.236 e. The topological polar surface area (TPSA) is 43.8 Å². The van der Waals surface area contributed by atoms with Crippen LogP contribution in [0, 0.1) is 0 Å². The molecule has 1 aromatic rings. The van der Waals surface area contributed by atoms with E-state index < -0.39 is 0 Å². The number of nitrogens with zero attached hydrogens (tertiary/aromatic N) is 2. The van der Waals surface area contributed by atoms with Crippen molar-refractivity contribution in [2.24, 2.45) is 0 Å². The van der Waals surface area contributed by atoms with Crippen LogP contribution in [-0.2, 0) is 11.3 Å². The molecule has 1 amide bonds. The summed E-state index contributed by atoms with van der Waals surface area (Å²) in [5, 5.41) is 9.72. The van der Waals surface area contributed by atoms with Gasteiger partial charge in [0.05, 0.1) is 15.5 Å². The molecule has 0 heterocycles. The molecule has 1 rings (SSSR count). The van der Waals surface area contributed by atoms with Crippen LogP contribution in [0.25, 0.3) is 0 Å². The Morgan fingerprint density at radius 1 is 1.25 bits per heavy atom. The highest BCUT2D eigenvalue weighted by Crippen LogP contribution is 2.33. The van der Waals surface area contributed by atoms with E-state index in [1.807, 2.05) is 12.1 Å². The summed E-state index contributed by atoms with van der Waals surface area (Å²) in [4.78, 5) is 15.5. The van der Waals surface area contributed by atoms with E-state index in [0.29, 0.717) is 22.0 Å². The van der Waals surface area contributed by atoms with Crippen LogP contribution in [0.4, 0.5) is 0 Å². The molecule has 0 aromatic heterocycles. The number of halogens is 2. The van der Waals surface area contributed by atoms with Gasteiger partial charge < -0.3 is 10.0 Å². The number of likely N-dealkylation sites (N-methyl/N-ethyl adjacent to an activating group) is 1. The highest BCUT2D eigenvalue weighted by Gasteiger charge is 2.14. The van der Waals surface area contributed by atoms with Crippen molar-refractivity contribution >= 4 is 37.8 Å². The second kappa shape index (κ2) is 8.00. The summed E-state index contributed by atoms with van der Waals surface area (Å²) in [6, 6.07) is 3.76. The fraction of sp³-hybridized carbons (Fsp3) is 0.500. The second-order valence-electron chi connectivity index (χ2n) is 4.91. The Hall–Kier alpha value is -0.590. The average molecular weight is 408 g/mol. The molecule has 0 atom stereocenters. The average Bonchev–Trinajstić information content (AvgIpc) is 2.35. The van der Waals surface area contributed by atoms with Gasteiger partial charge in [-0.3, -0.25) is 9.69 Å². The van der Waals surface area contributed by atoms with Crippen molar-refractivity contribution in [2.75, 3.05) is 27.2 Å². The molecule has 20 heavy (non-hydrogen) atoms. The normalized spacial score (nSPS) is 10.9. The van der Waals surface area contributed by atoms with Crippen LogP contribution in [-0.4, -0.2) is 48.0 Å². The third-order valence-electron chi connectivity index (χ3n) is 2.88. The van der Waals surface area contributed by atoms with Gasteiger partial charge in [0.2, 0.25) is 5.91 Å². The number of aromatic hydroxyl groups is 1. The van der Waals surface area contributed by atoms with Gasteiger partial charge in [0.25, 0.3) is 0 Å². The Bertz CT molecular complexity index is 455. The number of rotatable bonds is 6. The van der Waals surface area contributed by atoms with Crippen molar-refractivity contribution in [3.8, 4) is 5.75 Å². The van der Waals surface area contributed by atoms with Crippen LogP contribution in [0.3, 0.4) is 0 Å². The minimum Gasteiger partial charge on any atom is -0.506 e. The molecule has 0 aliphatic heterocycles. The number of phenols is 1. The van der Waals surface area contributed by atoms with Gasteiger partial charge in [-0.25, -0.2) is 0 Å². The Morgan fingerprint density at radius 2 is 1.80 bits per heavy atom. The number of hydrogen-bond donors (Lipinski definition) is 1. The molecule has 0 saturated heterocycles. The maximum atomic E-state index is 11.8. The Kier molecular flexibility index (Phi) is 6.99. The van der Waals surface area contributed by atoms with E-state index in [-0.39, 0.29) is 11.7 Å². The lowest BCUT2D eigenvalue weighted by Crippen LogP contribution is -2.36. The van der Waals surface area contributed by atoms with Crippen molar-refractivity contribution in [2.45, 2.75) is 19.9 Å². The van der Waals surface area contributed by atoms with Crippen molar-refractivity contribution < 1.29 is 9.90 Å². The summed E-state index contributed by atoms with van der Waals surface area (Å²) < 4.78 is 1.30. The van der Waals surface area contributed by atoms with Crippen LogP contribution >= 0.6 is 31.9 Å². The number of hydrogen-bond acceptors (Lipinski definition) is 3. The fourth-order valence-electron chi connectivity index (χ4n) is 1.83. The molecule has 6 heteroatoms. The number of benzene rings is 1. The molecule has 4 nitrogen and oxygen atoms in total. The van der Waals surface area contributed by atoms with E-state index in [1.54, 1.807) is 19.0 Å². The summed E-state index contributed by atoms with van der Waals surface area (Å²) in [5.74, 6) is 0.288. The van der Waals surface area contributed by atoms with Crippen LogP contribution in [0.15, 0.2) is 21.1 Å². The lowest BCUT2D eigenvalue weighted by atomic mass is 10.2. The van der Waals surface area contributed by atoms with Gasteiger partial charge in [0.1, 0.15) is 5.75 Å². The van der Waals surface area contributed by atoms with Crippen LogP contribution in [0.1, 0.15) is 18.9 Å². The molecular weight excluding hydrogens is 388 g/mol. The predicted molar refractivity (Wildman–Crippen MR) is 87.8 cm³/mol. The Morgan fingerprint density at radius 3 is 2.25 bits per heavy atom. The molecule has 0 aliphatic rings. The summed E-state index contributed by atoms with van der Waals surface area (Å²) in [6.45, 7) is 4.02. The van der Waals surface area contributed by atoms with Gasteiger partial charge in [0, 0.05) is 20.6 Å². The fourth-order valence-corrected chi connectivity index (χ4v) is 3.11. The molecule has 112 valence electrons. The Labute approximate surface area is 137 Å². The number of phenolic OH excluding ortho intramolecular Hbond substituents is 1. The third kappa shape index (κ3) is 5.07. The van der Waals surface area contributed by atoms with E-state index in [1.165, 1.54) is 0 Å². The molecule has 0 radical (unpaired) electrons. The summed E-state index contributed by atoms with van der Waals surface area (Å²) in [5.41, 5.74) is 1.04. The largest absolute Gasteiger partial charge is 0.506 e. The zero-order chi connectivity index (χ0) is 15.3. The van der Waals surface area contributed by atoms with E-state index >= 15 is 0 Å². The molecule has 0 aliphatic carbocycles. The molecule has 1 aromatic carbocycles. The first-order chi connectivity index (χ1) is 9.35. The number of carbonyl (C=O) groups excluding carboxylic acids is 1. The molecule has 1 N–H and O–H groups in total. The highest BCUT2D eigenvalue weighted by atomic mass is 79.9. The third-order valence-corrected chi connectivity index (χ3v) is 4.09. The van der Waals surface area contributed by atoms with Crippen LogP contribution in [0.5, 0.6) is 5.75 Å². The molecule has 0 saturated carbocycles. The van der Waals surface area contributed by atoms with Crippen molar-refractivity contribution in [1.82, 2.24) is 9.80 Å². The van der Waals surface area contributed by atoms with Crippen molar-refractivity contribution in [3.05, 3.63) is 26.6 Å². The van der Waals surface area contributed by atoms with Crippen molar-refractivity contribution in [1.29, 1.82) is 0 Å². The van der Waals surface area contributed by atoms with Crippen molar-refractivity contribution in [3.63, 3.8) is 0 Å². The SMILES string of the molecule is CCCN(CC(=O)N(C)C)Cc1cc(Br)c(O)c(Br)c1. The maximum absolute atomic E-state index is 11.8. The van der Waals surface area contributed by atoms with Gasteiger partial charge in [0.15, 0.2) is 0 Å². The van der Waals surface area contributed by atoms with E-state index in [2.05, 4.69) is 43.7 Å². The van der Waals surface area contributed by atoms with E-state index in [4.69, 9.17) is 0 Å². The Balaban J connectivity index is 2.82. The molecule has 0 fully saturated rings. The predicted octanol–water partition coefficient (Wildman–Crippen LogP) is 3.22. The zero-order valence-electron chi connectivity index (χ0n) is 12.0. The highest BCUT2D eigenvalue weighted by molar-refractivity contribution is 9.11. The molecule has 0 unspecified atom stereocenters. The molecule has 0 spiro atoms. The summed E-state index contributed by atoms with van der Waals surface area (Å²) in [6.07, 6.45) is 0.987. The van der Waals surface area contributed by atoms with Gasteiger partial charge in [-0.15, -0.1) is 0 Å². The van der Waals surface area contributed by atoms with Gasteiger partial charge >= 0.3 is 0 Å². The molecular formula is C14H20Br2N2O2. The lowest BCUT2D eigenvalue weighted by Gasteiger charge is -2.23. The number of carbonyl (C=O) groups is 1. The minimum atomic E-state index is 0.0929. The van der Waals surface area contributed by atoms with Gasteiger partial charge in [-0.05, 0) is 62.5 Å². The first kappa shape index (κ1) is 17.5. The smallest absolute Gasteiger partial charge is 0.236 e. The van der Waals surface area contributed by atoms with Crippen LogP contribution < -0.4 is 0 Å². The quantitative estimate of drug-likeness (QED) is 0.787. The monoisotopic (exact) mass is 406 g/mol. The van der Waals surface area contributed by atoms with Crippen LogP contribution in [0.2, 0.25) is 0 Å². The standard InChI is InChI=1S/C14H20Br2N2O2/c1-4-5-18(9-13(19)17(2)3)8-10-6-11(15)14(20)12(16)7-10/h6-7,20H,4-5,8-9H2,1-3H3. The second-order valence-corrected chi connectivity index (χ2v) is 6.62. The lowest BCUT2D eigenvalue weighted by molar-refractivity contribution is -0.130. The molecule has 0 bridgehead atoms. The summed E-state index contributed by atoms with van der Waals surface area (Å²) >= 11 is 6.65. The first-order valence-electron chi connectivity index (χ1n) is 6.44. The number of amides is 1. The van der Waals surface area contributed by atoms with E-state index in [0.717, 1.165) is 18.5 Å².